The number of H-pyrrole nitrogens is 1. The van der Waals surface area contributed by atoms with Gasteiger partial charge in [0.15, 0.2) is 0 Å². The van der Waals surface area contributed by atoms with Gasteiger partial charge in [-0.15, -0.1) is 11.3 Å². The van der Waals surface area contributed by atoms with Crippen LogP contribution in [0.25, 0.3) is 21.8 Å². The topological polar surface area (TPSA) is 109 Å². The van der Waals surface area contributed by atoms with Crippen molar-refractivity contribution in [3.8, 4) is 21.8 Å². The van der Waals surface area contributed by atoms with Gasteiger partial charge in [-0.1, -0.05) is 35.9 Å². The maximum absolute atomic E-state index is 12.4. The third-order valence-corrected chi connectivity index (χ3v) is 6.02. The number of rotatable bonds is 6. The molecule has 2 amide bonds. The Balaban J connectivity index is 1.43. The zero-order valence-electron chi connectivity index (χ0n) is 17.6. The van der Waals surface area contributed by atoms with Gasteiger partial charge in [-0.05, 0) is 31.2 Å². The van der Waals surface area contributed by atoms with Crippen LogP contribution >= 0.6 is 22.9 Å². The number of hydrogen-bond donors (Lipinski definition) is 3. The van der Waals surface area contributed by atoms with Crippen molar-refractivity contribution in [1.29, 1.82) is 0 Å². The monoisotopic (exact) mass is 481 g/mol. The maximum atomic E-state index is 12.4. The third-order valence-electron chi connectivity index (χ3n) is 4.88. The number of nitrogens with zero attached hydrogens (tertiary/aromatic N) is 2. The first-order chi connectivity index (χ1) is 15.9. The Morgan fingerprint density at radius 3 is 2.70 bits per heavy atom. The van der Waals surface area contributed by atoms with Crippen molar-refractivity contribution in [3.05, 3.63) is 91.5 Å². The number of aromatic nitrogens is 3. The highest BCUT2D eigenvalue weighted by molar-refractivity contribution is 7.13. The summed E-state index contributed by atoms with van der Waals surface area (Å²) in [5.74, 6) is 0. The van der Waals surface area contributed by atoms with E-state index < -0.39 is 17.3 Å². The minimum atomic E-state index is -0.521. The van der Waals surface area contributed by atoms with E-state index in [-0.39, 0.29) is 12.1 Å². The SMILES string of the molecule is CCn1cc(CNC(=O)Nc2cccc(-c3nc(-c4ccc(Cl)cc4)cs3)c2)c(=O)[nH]c1=O. The van der Waals surface area contributed by atoms with Gasteiger partial charge < -0.3 is 15.2 Å². The van der Waals surface area contributed by atoms with Crippen LogP contribution in [0, 0.1) is 0 Å². The van der Waals surface area contributed by atoms with Crippen molar-refractivity contribution in [3.63, 3.8) is 0 Å². The van der Waals surface area contributed by atoms with Crippen LogP contribution in [0.3, 0.4) is 0 Å². The first-order valence-corrected chi connectivity index (χ1v) is 11.4. The Morgan fingerprint density at radius 1 is 1.15 bits per heavy atom. The second-order valence-corrected chi connectivity index (χ2v) is 8.43. The smallest absolute Gasteiger partial charge is 0.328 e. The van der Waals surface area contributed by atoms with Gasteiger partial charge in [-0.2, -0.15) is 0 Å². The summed E-state index contributed by atoms with van der Waals surface area (Å²) < 4.78 is 1.37. The molecule has 0 radical (unpaired) electrons. The van der Waals surface area contributed by atoms with E-state index in [1.54, 1.807) is 13.0 Å². The van der Waals surface area contributed by atoms with Gasteiger partial charge in [0, 0.05) is 40.0 Å². The molecule has 168 valence electrons. The van der Waals surface area contributed by atoms with Gasteiger partial charge >= 0.3 is 11.7 Å². The Morgan fingerprint density at radius 2 is 1.94 bits per heavy atom. The van der Waals surface area contributed by atoms with Crippen LogP contribution in [0.5, 0.6) is 0 Å². The van der Waals surface area contributed by atoms with E-state index in [4.69, 9.17) is 16.6 Å². The number of hydrogen-bond acceptors (Lipinski definition) is 5. The van der Waals surface area contributed by atoms with E-state index in [2.05, 4.69) is 15.6 Å². The molecule has 4 aromatic rings. The molecule has 2 aromatic heterocycles. The van der Waals surface area contributed by atoms with E-state index in [1.165, 1.54) is 22.1 Å². The predicted molar refractivity (Wildman–Crippen MR) is 131 cm³/mol. The van der Waals surface area contributed by atoms with Crippen molar-refractivity contribution < 1.29 is 4.79 Å². The van der Waals surface area contributed by atoms with Gasteiger partial charge in [0.1, 0.15) is 5.01 Å². The number of urea groups is 1. The second-order valence-electron chi connectivity index (χ2n) is 7.13. The zero-order valence-corrected chi connectivity index (χ0v) is 19.2. The standard InChI is InChI=1S/C23H20ClN5O3S/c1-2-29-12-16(20(30)28-23(29)32)11-25-22(31)26-18-5-3-4-15(10-18)21-27-19(13-33-21)14-6-8-17(24)9-7-14/h3-10,12-13H,2,11H2,1H3,(H2,25,26,31)(H,28,30,32). The quantitative estimate of drug-likeness (QED) is 0.381. The van der Waals surface area contributed by atoms with E-state index in [1.807, 2.05) is 47.8 Å². The van der Waals surface area contributed by atoms with Crippen molar-refractivity contribution >= 4 is 34.7 Å². The fraction of sp³-hybridized carbons (Fsp3) is 0.130. The molecule has 0 saturated carbocycles. The second kappa shape index (κ2) is 9.85. The van der Waals surface area contributed by atoms with E-state index in [0.29, 0.717) is 17.3 Å². The fourth-order valence-electron chi connectivity index (χ4n) is 3.16. The van der Waals surface area contributed by atoms with E-state index >= 15 is 0 Å². The van der Waals surface area contributed by atoms with E-state index in [9.17, 15) is 14.4 Å². The molecule has 4 rings (SSSR count). The Kier molecular flexibility index (Phi) is 6.71. The number of aryl methyl sites for hydroxylation is 1. The number of aromatic amines is 1. The molecule has 2 heterocycles. The number of amides is 2. The molecular formula is C23H20ClN5O3S. The number of carbonyl (C=O) groups is 1. The van der Waals surface area contributed by atoms with Crippen LogP contribution in [-0.4, -0.2) is 20.6 Å². The van der Waals surface area contributed by atoms with Crippen LogP contribution in [0.1, 0.15) is 12.5 Å². The van der Waals surface area contributed by atoms with Crippen molar-refractivity contribution in [2.75, 3.05) is 5.32 Å². The maximum Gasteiger partial charge on any atom is 0.328 e. The van der Waals surface area contributed by atoms with Crippen LogP contribution in [-0.2, 0) is 13.1 Å². The Hall–Kier alpha value is -3.69. The number of nitrogens with one attached hydrogen (secondary N) is 3. The molecule has 0 aliphatic heterocycles. The average molecular weight is 482 g/mol. The lowest BCUT2D eigenvalue weighted by Gasteiger charge is -2.09. The number of thiazole rings is 1. The molecule has 0 atom stereocenters. The average Bonchev–Trinajstić information content (AvgIpc) is 3.29. The van der Waals surface area contributed by atoms with Gasteiger partial charge in [-0.25, -0.2) is 14.6 Å². The minimum absolute atomic E-state index is 0.0158. The van der Waals surface area contributed by atoms with Crippen LogP contribution < -0.4 is 21.9 Å². The lowest BCUT2D eigenvalue weighted by atomic mass is 10.2. The normalized spacial score (nSPS) is 10.7. The highest BCUT2D eigenvalue weighted by Gasteiger charge is 2.10. The molecule has 3 N–H and O–H groups in total. The lowest BCUT2D eigenvalue weighted by molar-refractivity contribution is 0.251. The van der Waals surface area contributed by atoms with Crippen molar-refractivity contribution in [2.24, 2.45) is 0 Å². The predicted octanol–water partition coefficient (Wildman–Crippen LogP) is 4.32. The first kappa shape index (κ1) is 22.5. The summed E-state index contributed by atoms with van der Waals surface area (Å²) in [5.41, 5.74) is 2.56. The number of anilines is 1. The summed E-state index contributed by atoms with van der Waals surface area (Å²) in [4.78, 5) is 42.9. The summed E-state index contributed by atoms with van der Waals surface area (Å²) >= 11 is 7.46. The molecular weight excluding hydrogens is 462 g/mol. The summed E-state index contributed by atoms with van der Waals surface area (Å²) in [6.45, 7) is 2.19. The summed E-state index contributed by atoms with van der Waals surface area (Å²) in [7, 11) is 0. The molecule has 0 unspecified atom stereocenters. The molecule has 2 aromatic carbocycles. The lowest BCUT2D eigenvalue weighted by Crippen LogP contribution is -2.35. The highest BCUT2D eigenvalue weighted by Crippen LogP contribution is 2.30. The summed E-state index contributed by atoms with van der Waals surface area (Å²) in [6.07, 6.45) is 1.45. The molecule has 0 aliphatic carbocycles. The van der Waals surface area contributed by atoms with Gasteiger partial charge in [0.2, 0.25) is 0 Å². The van der Waals surface area contributed by atoms with Crippen LogP contribution in [0.4, 0.5) is 10.5 Å². The third kappa shape index (κ3) is 5.39. The molecule has 0 saturated heterocycles. The van der Waals surface area contributed by atoms with Crippen molar-refractivity contribution in [1.82, 2.24) is 19.9 Å². The molecule has 8 nitrogen and oxygen atoms in total. The number of benzene rings is 2. The number of halogens is 1. The summed E-state index contributed by atoms with van der Waals surface area (Å²) in [6, 6.07) is 14.4. The Labute approximate surface area is 197 Å². The summed E-state index contributed by atoms with van der Waals surface area (Å²) in [5, 5.41) is 8.85. The molecule has 0 bridgehead atoms. The molecule has 10 heteroatoms. The minimum Gasteiger partial charge on any atom is -0.334 e. The number of carbonyl (C=O) groups excluding carboxylic acids is 1. The van der Waals surface area contributed by atoms with Gasteiger partial charge in [0.05, 0.1) is 17.8 Å². The molecule has 0 fully saturated rings. The highest BCUT2D eigenvalue weighted by atomic mass is 35.5. The molecule has 0 aliphatic rings. The fourth-order valence-corrected chi connectivity index (χ4v) is 4.11. The molecule has 0 spiro atoms. The van der Waals surface area contributed by atoms with Crippen molar-refractivity contribution in [2.45, 2.75) is 20.0 Å². The van der Waals surface area contributed by atoms with Crippen LogP contribution in [0.15, 0.2) is 69.7 Å². The van der Waals surface area contributed by atoms with Crippen LogP contribution in [0.2, 0.25) is 5.02 Å². The zero-order chi connectivity index (χ0) is 23.4. The van der Waals surface area contributed by atoms with Gasteiger partial charge in [0.25, 0.3) is 5.56 Å². The molecule has 33 heavy (non-hydrogen) atoms. The van der Waals surface area contributed by atoms with Gasteiger partial charge in [-0.3, -0.25) is 9.78 Å². The first-order valence-electron chi connectivity index (χ1n) is 10.1. The Bertz CT molecular complexity index is 1410. The largest absolute Gasteiger partial charge is 0.334 e. The van der Waals surface area contributed by atoms with E-state index in [0.717, 1.165) is 21.8 Å².